The minimum atomic E-state index is -0.385. The molecule has 3 nitrogen and oxygen atoms in total. The molecule has 1 aliphatic rings. The molecule has 3 rings (SSSR count). The van der Waals surface area contributed by atoms with E-state index in [2.05, 4.69) is 4.99 Å². The van der Waals surface area contributed by atoms with Crippen LogP contribution in [0.3, 0.4) is 0 Å². The predicted octanol–water partition coefficient (Wildman–Crippen LogP) is 3.46. The van der Waals surface area contributed by atoms with E-state index < -0.39 is 0 Å². The van der Waals surface area contributed by atoms with Crippen molar-refractivity contribution in [3.63, 3.8) is 0 Å². The van der Waals surface area contributed by atoms with E-state index in [0.717, 1.165) is 9.75 Å². The van der Waals surface area contributed by atoms with Gasteiger partial charge in [0, 0.05) is 9.75 Å². The summed E-state index contributed by atoms with van der Waals surface area (Å²) in [7, 11) is 0. The van der Waals surface area contributed by atoms with Gasteiger partial charge in [0.1, 0.15) is 0 Å². The summed E-state index contributed by atoms with van der Waals surface area (Å²) in [4.78, 5) is 19.0. The number of hydrogen-bond acceptors (Lipinski definition) is 5. The van der Waals surface area contributed by atoms with Crippen LogP contribution in [-0.2, 0) is 9.53 Å². The fourth-order valence-electron chi connectivity index (χ4n) is 1.57. The second-order valence-electron chi connectivity index (χ2n) is 3.76. The van der Waals surface area contributed by atoms with Crippen molar-refractivity contribution in [2.75, 3.05) is 0 Å². The number of nitrogens with zero attached hydrogens (tertiary/aromatic N) is 1. The van der Waals surface area contributed by atoms with Gasteiger partial charge in [-0.3, -0.25) is 0 Å². The van der Waals surface area contributed by atoms with Crippen molar-refractivity contribution in [3.8, 4) is 0 Å². The first-order chi connectivity index (χ1) is 8.72. The van der Waals surface area contributed by atoms with Crippen LogP contribution in [0.25, 0.3) is 6.08 Å². The molecule has 0 spiro atoms. The van der Waals surface area contributed by atoms with Gasteiger partial charge in [-0.25, -0.2) is 9.79 Å². The minimum absolute atomic E-state index is 0.360. The highest BCUT2D eigenvalue weighted by Gasteiger charge is 2.24. The van der Waals surface area contributed by atoms with Crippen molar-refractivity contribution in [2.24, 2.45) is 4.99 Å². The zero-order chi connectivity index (χ0) is 12.5. The van der Waals surface area contributed by atoms with E-state index in [4.69, 9.17) is 4.74 Å². The maximum atomic E-state index is 11.7. The van der Waals surface area contributed by atoms with Gasteiger partial charge in [-0.15, -0.1) is 22.7 Å². The summed E-state index contributed by atoms with van der Waals surface area (Å²) < 4.78 is 5.18. The topological polar surface area (TPSA) is 38.7 Å². The van der Waals surface area contributed by atoms with Crippen LogP contribution >= 0.6 is 22.7 Å². The van der Waals surface area contributed by atoms with Gasteiger partial charge < -0.3 is 4.74 Å². The van der Waals surface area contributed by atoms with E-state index in [1.54, 1.807) is 28.7 Å². The molecule has 0 atom stereocenters. The molecule has 18 heavy (non-hydrogen) atoms. The summed E-state index contributed by atoms with van der Waals surface area (Å²) in [6.07, 6.45) is 1.75. The van der Waals surface area contributed by atoms with E-state index in [1.807, 2.05) is 36.6 Å². The number of thiophene rings is 2. The average molecular weight is 275 g/mol. The summed E-state index contributed by atoms with van der Waals surface area (Å²) in [5, 5.41) is 1.96. The Morgan fingerprint density at radius 3 is 2.89 bits per heavy atom. The Hall–Kier alpha value is -1.72. The van der Waals surface area contributed by atoms with Gasteiger partial charge in [-0.05, 0) is 36.6 Å². The van der Waals surface area contributed by atoms with Crippen molar-refractivity contribution in [1.82, 2.24) is 0 Å². The Balaban J connectivity index is 1.94. The molecule has 0 fully saturated rings. The standard InChI is InChI=1S/C13H9NO2S2/c1-8-4-5-11(18-8)12-14-10(13(15)16-12)7-9-3-2-6-17-9/h2-7H,1H3/b10-7+. The van der Waals surface area contributed by atoms with Crippen LogP contribution < -0.4 is 0 Å². The number of carbonyl (C=O) groups excluding carboxylic acids is 1. The van der Waals surface area contributed by atoms with Crippen molar-refractivity contribution >= 4 is 40.6 Å². The fourth-order valence-corrected chi connectivity index (χ4v) is 3.02. The molecule has 0 saturated carbocycles. The lowest BCUT2D eigenvalue weighted by Gasteiger charge is -1.92. The SMILES string of the molecule is Cc1ccc(C2=N/C(=C/c3cccs3)C(=O)O2)s1. The Morgan fingerprint density at radius 1 is 1.33 bits per heavy atom. The summed E-state index contributed by atoms with van der Waals surface area (Å²) in [5.41, 5.74) is 0.360. The summed E-state index contributed by atoms with van der Waals surface area (Å²) in [6.45, 7) is 2.01. The van der Waals surface area contributed by atoms with Crippen LogP contribution in [0.1, 0.15) is 14.6 Å². The lowest BCUT2D eigenvalue weighted by Crippen LogP contribution is -2.03. The van der Waals surface area contributed by atoms with Crippen LogP contribution in [0.2, 0.25) is 0 Å². The largest absolute Gasteiger partial charge is 0.401 e. The molecule has 0 bridgehead atoms. The van der Waals surface area contributed by atoms with Gasteiger partial charge in [-0.2, -0.15) is 0 Å². The Bertz CT molecular complexity index is 650. The van der Waals surface area contributed by atoms with Gasteiger partial charge in [0.25, 0.3) is 0 Å². The lowest BCUT2D eigenvalue weighted by molar-refractivity contribution is -0.129. The third-order valence-corrected chi connectivity index (χ3v) is 4.20. The average Bonchev–Trinajstić information content (AvgIpc) is 3.03. The molecule has 90 valence electrons. The van der Waals surface area contributed by atoms with Gasteiger partial charge >= 0.3 is 5.97 Å². The summed E-state index contributed by atoms with van der Waals surface area (Å²) >= 11 is 3.13. The second kappa shape index (κ2) is 4.51. The van der Waals surface area contributed by atoms with Crippen LogP contribution in [0.15, 0.2) is 40.3 Å². The van der Waals surface area contributed by atoms with Crippen LogP contribution in [-0.4, -0.2) is 11.9 Å². The van der Waals surface area contributed by atoms with E-state index in [-0.39, 0.29) is 5.97 Å². The van der Waals surface area contributed by atoms with Gasteiger partial charge in [0.15, 0.2) is 5.70 Å². The molecular weight excluding hydrogens is 266 g/mol. The van der Waals surface area contributed by atoms with Gasteiger partial charge in [-0.1, -0.05) is 6.07 Å². The number of cyclic esters (lactones) is 1. The molecule has 3 heterocycles. The van der Waals surface area contributed by atoms with Crippen molar-refractivity contribution in [1.29, 1.82) is 0 Å². The molecule has 0 N–H and O–H groups in total. The summed E-state index contributed by atoms with van der Waals surface area (Å²) in [5.74, 6) is 0.0189. The number of rotatable bonds is 2. The number of hydrogen-bond donors (Lipinski definition) is 0. The number of aliphatic imine (C=N–C) groups is 1. The quantitative estimate of drug-likeness (QED) is 0.622. The highest BCUT2D eigenvalue weighted by atomic mass is 32.1. The van der Waals surface area contributed by atoms with Gasteiger partial charge in [0.05, 0.1) is 4.88 Å². The molecule has 0 saturated heterocycles. The molecule has 2 aromatic rings. The minimum Gasteiger partial charge on any atom is -0.401 e. The fraction of sp³-hybridized carbons (Fsp3) is 0.0769. The van der Waals surface area contributed by atoms with Crippen LogP contribution in [0, 0.1) is 6.92 Å². The zero-order valence-electron chi connectivity index (χ0n) is 9.54. The highest BCUT2D eigenvalue weighted by molar-refractivity contribution is 7.14. The monoisotopic (exact) mass is 275 g/mol. The Morgan fingerprint density at radius 2 is 2.22 bits per heavy atom. The normalized spacial score (nSPS) is 17.1. The zero-order valence-corrected chi connectivity index (χ0v) is 11.2. The summed E-state index contributed by atoms with van der Waals surface area (Å²) in [6, 6.07) is 7.77. The van der Waals surface area contributed by atoms with Crippen molar-refractivity contribution in [3.05, 3.63) is 50.0 Å². The second-order valence-corrected chi connectivity index (χ2v) is 6.03. The number of aryl methyl sites for hydroxylation is 1. The van der Waals surface area contributed by atoms with Crippen molar-refractivity contribution in [2.45, 2.75) is 6.92 Å². The molecule has 0 radical (unpaired) electrons. The van der Waals surface area contributed by atoms with E-state index >= 15 is 0 Å². The third kappa shape index (κ3) is 2.14. The van der Waals surface area contributed by atoms with E-state index in [9.17, 15) is 4.79 Å². The highest BCUT2D eigenvalue weighted by Crippen LogP contribution is 2.24. The Labute approximate surface area is 112 Å². The number of esters is 1. The molecule has 0 aromatic carbocycles. The first kappa shape index (κ1) is 11.4. The van der Waals surface area contributed by atoms with Crippen LogP contribution in [0.4, 0.5) is 0 Å². The predicted molar refractivity (Wildman–Crippen MR) is 74.0 cm³/mol. The number of ether oxygens (including phenoxy) is 1. The van der Waals surface area contributed by atoms with Gasteiger partial charge in [0.2, 0.25) is 5.90 Å². The third-order valence-electron chi connectivity index (χ3n) is 2.39. The molecular formula is C13H9NO2S2. The number of carbonyl (C=O) groups is 1. The molecule has 1 aliphatic heterocycles. The van der Waals surface area contributed by atoms with E-state index in [0.29, 0.717) is 11.6 Å². The first-order valence-corrected chi connectivity index (χ1v) is 7.05. The molecule has 5 heteroatoms. The molecule has 0 amide bonds. The first-order valence-electron chi connectivity index (χ1n) is 5.35. The molecule has 0 unspecified atom stereocenters. The van der Waals surface area contributed by atoms with E-state index in [1.165, 1.54) is 4.88 Å². The molecule has 2 aromatic heterocycles. The van der Waals surface area contributed by atoms with Crippen molar-refractivity contribution < 1.29 is 9.53 Å². The lowest BCUT2D eigenvalue weighted by atomic mass is 10.3. The maximum absolute atomic E-state index is 11.7. The maximum Gasteiger partial charge on any atom is 0.363 e. The molecule has 0 aliphatic carbocycles. The van der Waals surface area contributed by atoms with Crippen LogP contribution in [0.5, 0.6) is 0 Å². The Kier molecular flexibility index (Phi) is 2.85. The smallest absolute Gasteiger partial charge is 0.363 e.